The van der Waals surface area contributed by atoms with Gasteiger partial charge < -0.3 is 19.8 Å². The predicted molar refractivity (Wildman–Crippen MR) is 175 cm³/mol. The topological polar surface area (TPSA) is 149 Å². The molecule has 0 fully saturated rings. The van der Waals surface area contributed by atoms with Crippen LogP contribution in [0.5, 0.6) is 0 Å². The van der Waals surface area contributed by atoms with Crippen LogP contribution in [0.1, 0.15) is 89.4 Å². The molecule has 232 valence electrons. The number of carbonyl (C=O) groups is 6. The van der Waals surface area contributed by atoms with Gasteiger partial charge in [-0.3, -0.25) is 19.2 Å². The van der Waals surface area contributed by atoms with Crippen LogP contribution in [0.4, 0.5) is 0 Å². The molecule has 8 nitrogen and oxygen atoms in total. The van der Waals surface area contributed by atoms with Crippen molar-refractivity contribution in [3.8, 4) is 0 Å². The molecule has 47 heavy (non-hydrogen) atoms. The molecule has 0 aromatic heterocycles. The van der Waals surface area contributed by atoms with Crippen LogP contribution in [0.25, 0.3) is 0 Å². The van der Waals surface area contributed by atoms with E-state index >= 15 is 0 Å². The molecule has 0 spiro atoms. The van der Waals surface area contributed by atoms with Gasteiger partial charge in [-0.05, 0) is 48.2 Å². The molecule has 11 heteroatoms. The molecule has 0 aliphatic carbocycles. The first-order chi connectivity index (χ1) is 22.1. The first-order valence-electron chi connectivity index (χ1n) is 14.4. The normalized spacial score (nSPS) is 12.7. The number of rotatable bonds is 8. The van der Waals surface area contributed by atoms with Gasteiger partial charge in [0.2, 0.25) is 0 Å². The standard InChI is InChI=1S/2C18H14O4S.Ca/c2*19-15(7-8-17(20)21)11-5-6-14-16(9-11)23-10-12-3-1-2-4-13(12)18(14)22;/h2*1-6,9H,7-8,10H2,(H,20,21);/q;;+2/p-2. The van der Waals surface area contributed by atoms with E-state index in [4.69, 9.17) is 0 Å². The summed E-state index contributed by atoms with van der Waals surface area (Å²) in [5.74, 6) is -1.78. The summed E-state index contributed by atoms with van der Waals surface area (Å²) in [7, 11) is 0. The maximum atomic E-state index is 12.6. The van der Waals surface area contributed by atoms with Gasteiger partial charge in [0.1, 0.15) is 0 Å². The quantitative estimate of drug-likeness (QED) is 0.196. The van der Waals surface area contributed by atoms with Crippen LogP contribution >= 0.6 is 23.5 Å². The Labute approximate surface area is 309 Å². The molecular formula is C36H26CaO8S2. The van der Waals surface area contributed by atoms with Crippen LogP contribution in [-0.4, -0.2) is 72.8 Å². The van der Waals surface area contributed by atoms with Crippen molar-refractivity contribution in [2.75, 3.05) is 0 Å². The minimum absolute atomic E-state index is 0. The summed E-state index contributed by atoms with van der Waals surface area (Å²) < 4.78 is 0. The van der Waals surface area contributed by atoms with Crippen LogP contribution in [-0.2, 0) is 21.1 Å². The fraction of sp³-hybridized carbons (Fsp3) is 0.167. The molecule has 0 radical (unpaired) electrons. The van der Waals surface area contributed by atoms with E-state index in [1.807, 2.05) is 48.5 Å². The second-order valence-corrected chi connectivity index (χ2v) is 12.6. The third-order valence-corrected chi connectivity index (χ3v) is 9.71. The number of thioether (sulfide) groups is 2. The smallest absolute Gasteiger partial charge is 0.550 e. The molecule has 2 aliphatic heterocycles. The van der Waals surface area contributed by atoms with E-state index in [9.17, 15) is 39.0 Å². The molecule has 0 N–H and O–H groups in total. The Kier molecular flexibility index (Phi) is 12.8. The van der Waals surface area contributed by atoms with Gasteiger partial charge in [0.05, 0.1) is 0 Å². The third-order valence-electron chi connectivity index (χ3n) is 7.50. The maximum Gasteiger partial charge on any atom is 2.00 e. The summed E-state index contributed by atoms with van der Waals surface area (Å²) >= 11 is 3.02. The largest absolute Gasteiger partial charge is 2.00 e. The van der Waals surface area contributed by atoms with E-state index < -0.39 is 11.9 Å². The molecule has 2 heterocycles. The Hall–Kier alpha value is -3.54. The number of carbonyl (C=O) groups excluding carboxylic acids is 6. The van der Waals surface area contributed by atoms with Gasteiger partial charge in [-0.15, -0.1) is 23.5 Å². The fourth-order valence-electron chi connectivity index (χ4n) is 5.06. The van der Waals surface area contributed by atoms with Crippen molar-refractivity contribution in [2.45, 2.75) is 47.0 Å². The minimum Gasteiger partial charge on any atom is -0.550 e. The monoisotopic (exact) mass is 690 g/mol. The number of aliphatic carboxylic acids is 2. The number of benzene rings is 4. The number of hydrogen-bond acceptors (Lipinski definition) is 10. The van der Waals surface area contributed by atoms with Gasteiger partial charge in [0, 0.05) is 79.5 Å². The van der Waals surface area contributed by atoms with Crippen molar-refractivity contribution in [3.63, 3.8) is 0 Å². The average Bonchev–Trinajstić information content (AvgIpc) is 3.30. The van der Waals surface area contributed by atoms with Crippen LogP contribution in [0.2, 0.25) is 0 Å². The van der Waals surface area contributed by atoms with Crippen LogP contribution in [0, 0.1) is 0 Å². The molecule has 0 atom stereocenters. The van der Waals surface area contributed by atoms with Crippen molar-refractivity contribution >= 4 is 96.3 Å². The minimum atomic E-state index is -1.24. The Morgan fingerprint density at radius 3 is 1.30 bits per heavy atom. The molecule has 0 amide bonds. The molecular weight excluding hydrogens is 665 g/mol. The van der Waals surface area contributed by atoms with E-state index in [0.29, 0.717) is 44.9 Å². The molecule has 0 saturated carbocycles. The van der Waals surface area contributed by atoms with Gasteiger partial charge in [-0.2, -0.15) is 0 Å². The summed E-state index contributed by atoms with van der Waals surface area (Å²) in [5.41, 5.74) is 5.34. The van der Waals surface area contributed by atoms with Gasteiger partial charge in [-0.1, -0.05) is 60.7 Å². The first kappa shape index (κ1) is 36.3. The van der Waals surface area contributed by atoms with E-state index in [0.717, 1.165) is 20.9 Å². The third kappa shape index (κ3) is 8.88. The molecule has 0 bridgehead atoms. The maximum absolute atomic E-state index is 12.6. The molecule has 2 aliphatic rings. The zero-order valence-electron chi connectivity index (χ0n) is 25.1. The first-order valence-corrected chi connectivity index (χ1v) is 16.3. The van der Waals surface area contributed by atoms with E-state index in [1.54, 1.807) is 36.4 Å². The second-order valence-electron chi connectivity index (χ2n) is 10.6. The SMILES string of the molecule is O=C([O-])CCC(=O)c1ccc2c(c1)SCc1ccccc1C2=O.O=C([O-])CCC(=O)c1ccc2c(c1)SCc1ccccc1C2=O.[Ca+2]. The Bertz CT molecular complexity index is 1760. The van der Waals surface area contributed by atoms with E-state index in [1.165, 1.54) is 23.5 Å². The molecule has 4 aromatic carbocycles. The molecule has 0 saturated heterocycles. The van der Waals surface area contributed by atoms with E-state index in [-0.39, 0.29) is 86.6 Å². The second kappa shape index (κ2) is 16.5. The van der Waals surface area contributed by atoms with Crippen molar-refractivity contribution in [1.29, 1.82) is 0 Å². The van der Waals surface area contributed by atoms with Crippen molar-refractivity contribution in [1.82, 2.24) is 0 Å². The van der Waals surface area contributed by atoms with E-state index in [2.05, 4.69) is 0 Å². The van der Waals surface area contributed by atoms with Gasteiger partial charge in [0.15, 0.2) is 23.1 Å². The molecule has 4 aromatic rings. The summed E-state index contributed by atoms with van der Waals surface area (Å²) in [4.78, 5) is 71.8. The number of carboxylic acid groups (broad SMARTS) is 2. The van der Waals surface area contributed by atoms with Crippen LogP contribution in [0.3, 0.4) is 0 Å². The molecule has 6 rings (SSSR count). The number of hydrogen-bond donors (Lipinski definition) is 0. The summed E-state index contributed by atoms with van der Waals surface area (Å²) in [6.07, 6.45) is -0.791. The zero-order chi connectivity index (χ0) is 32.8. The van der Waals surface area contributed by atoms with Crippen LogP contribution in [0.15, 0.2) is 94.7 Å². The van der Waals surface area contributed by atoms with Crippen molar-refractivity contribution < 1.29 is 39.0 Å². The zero-order valence-corrected chi connectivity index (χ0v) is 29.0. The number of ketones is 4. The number of carboxylic acids is 2. The predicted octanol–water partition coefficient (Wildman–Crippen LogP) is 4.09. The van der Waals surface area contributed by atoms with Crippen molar-refractivity contribution in [3.05, 3.63) is 129 Å². The van der Waals surface area contributed by atoms with Gasteiger partial charge in [0.25, 0.3) is 0 Å². The van der Waals surface area contributed by atoms with Gasteiger partial charge in [-0.25, -0.2) is 0 Å². The Balaban J connectivity index is 0.000000208. The average molecular weight is 691 g/mol. The van der Waals surface area contributed by atoms with Crippen LogP contribution < -0.4 is 10.2 Å². The fourth-order valence-corrected chi connectivity index (χ4v) is 7.24. The van der Waals surface area contributed by atoms with Crippen molar-refractivity contribution in [2.24, 2.45) is 0 Å². The number of Topliss-reactive ketones (excluding diaryl/α,β-unsaturated/α-hetero) is 2. The Morgan fingerprint density at radius 1 is 0.532 bits per heavy atom. The molecule has 0 unspecified atom stereocenters. The summed E-state index contributed by atoms with van der Waals surface area (Å²) in [6, 6.07) is 24.8. The Morgan fingerprint density at radius 2 is 0.915 bits per heavy atom. The summed E-state index contributed by atoms with van der Waals surface area (Å²) in [5, 5.41) is 20.9. The summed E-state index contributed by atoms with van der Waals surface area (Å²) in [6.45, 7) is 0. The van der Waals surface area contributed by atoms with Gasteiger partial charge >= 0.3 is 37.7 Å². The number of fused-ring (bicyclic) bond motifs is 4.